The Bertz CT molecular complexity index is 551. The largest absolute Gasteiger partial charge is 0.330 e. The van der Waals surface area contributed by atoms with Gasteiger partial charge in [-0.05, 0) is 26.0 Å². The van der Waals surface area contributed by atoms with Crippen LogP contribution in [0.2, 0.25) is 0 Å². The zero-order valence-corrected chi connectivity index (χ0v) is 10.7. The van der Waals surface area contributed by atoms with E-state index in [1.165, 1.54) is 0 Å². The Morgan fingerprint density at radius 2 is 2.16 bits per heavy atom. The first-order chi connectivity index (χ1) is 9.22. The van der Waals surface area contributed by atoms with E-state index in [2.05, 4.69) is 20.4 Å². The third kappa shape index (κ3) is 3.14. The molecule has 2 aromatic rings. The van der Waals surface area contributed by atoms with Crippen LogP contribution in [0.4, 0.5) is 5.95 Å². The molecule has 1 amide bonds. The molecule has 0 bridgehead atoms. The Labute approximate surface area is 110 Å². The van der Waals surface area contributed by atoms with Gasteiger partial charge in [0, 0.05) is 24.6 Å². The van der Waals surface area contributed by atoms with Crippen molar-refractivity contribution in [1.29, 1.82) is 0 Å². The van der Waals surface area contributed by atoms with E-state index in [-0.39, 0.29) is 11.9 Å². The molecule has 2 heterocycles. The van der Waals surface area contributed by atoms with Gasteiger partial charge in [0.2, 0.25) is 5.95 Å². The van der Waals surface area contributed by atoms with Crippen molar-refractivity contribution in [1.82, 2.24) is 19.7 Å². The van der Waals surface area contributed by atoms with Crippen LogP contribution in [0.25, 0.3) is 0 Å². The number of rotatable bonds is 5. The van der Waals surface area contributed by atoms with Gasteiger partial charge >= 0.3 is 0 Å². The van der Waals surface area contributed by atoms with Gasteiger partial charge in [-0.15, -0.1) is 0 Å². The van der Waals surface area contributed by atoms with Crippen LogP contribution in [-0.2, 0) is 6.54 Å². The highest BCUT2D eigenvalue weighted by atomic mass is 16.1. The summed E-state index contributed by atoms with van der Waals surface area (Å²) in [5.41, 5.74) is 6.78. The lowest BCUT2D eigenvalue weighted by Gasteiger charge is -2.05. The molecule has 0 aliphatic carbocycles. The predicted octanol–water partition coefficient (Wildman–Crippen LogP) is 0.583. The average Bonchev–Trinajstić information content (AvgIpc) is 2.79. The van der Waals surface area contributed by atoms with Crippen molar-refractivity contribution in [2.75, 3.05) is 11.9 Å². The standard InChI is InChI=1S/C12H16N6O/c1-9-10(8-16-18(9)7-2-4-13)11(19)17-12-14-5-3-6-15-12/h3,5-6,8H,2,4,7,13H2,1H3,(H,14,15,17,19). The number of carbonyl (C=O) groups is 1. The first-order valence-corrected chi connectivity index (χ1v) is 6.03. The number of carbonyl (C=O) groups excluding carboxylic acids is 1. The molecule has 0 atom stereocenters. The van der Waals surface area contributed by atoms with Gasteiger partial charge in [0.15, 0.2) is 0 Å². The topological polar surface area (TPSA) is 98.7 Å². The van der Waals surface area contributed by atoms with Crippen LogP contribution in [0, 0.1) is 6.92 Å². The van der Waals surface area contributed by atoms with E-state index in [1.54, 1.807) is 29.3 Å². The second kappa shape index (κ2) is 6.05. The van der Waals surface area contributed by atoms with E-state index in [0.29, 0.717) is 18.7 Å². The molecule has 100 valence electrons. The van der Waals surface area contributed by atoms with Crippen LogP contribution in [0.3, 0.4) is 0 Å². The minimum Gasteiger partial charge on any atom is -0.330 e. The number of nitrogens with two attached hydrogens (primary N) is 1. The minimum atomic E-state index is -0.261. The average molecular weight is 260 g/mol. The van der Waals surface area contributed by atoms with Gasteiger partial charge in [0.1, 0.15) is 0 Å². The molecule has 0 aromatic carbocycles. The number of aromatic nitrogens is 4. The van der Waals surface area contributed by atoms with E-state index in [1.807, 2.05) is 6.92 Å². The van der Waals surface area contributed by atoms with E-state index in [9.17, 15) is 4.79 Å². The number of hydrogen-bond donors (Lipinski definition) is 2. The van der Waals surface area contributed by atoms with Gasteiger partial charge in [-0.3, -0.25) is 14.8 Å². The number of nitrogens with zero attached hydrogens (tertiary/aromatic N) is 4. The quantitative estimate of drug-likeness (QED) is 0.819. The second-order valence-corrected chi connectivity index (χ2v) is 4.04. The number of amides is 1. The van der Waals surface area contributed by atoms with Crippen LogP contribution in [0.5, 0.6) is 0 Å². The van der Waals surface area contributed by atoms with Crippen molar-refractivity contribution < 1.29 is 4.79 Å². The summed E-state index contributed by atoms with van der Waals surface area (Å²) >= 11 is 0. The molecule has 3 N–H and O–H groups in total. The Morgan fingerprint density at radius 1 is 1.42 bits per heavy atom. The molecule has 7 heteroatoms. The molecule has 0 radical (unpaired) electrons. The number of aryl methyl sites for hydroxylation is 1. The van der Waals surface area contributed by atoms with Gasteiger partial charge in [0.05, 0.1) is 11.8 Å². The molecule has 2 aromatic heterocycles. The van der Waals surface area contributed by atoms with Crippen LogP contribution in [-0.4, -0.2) is 32.2 Å². The lowest BCUT2D eigenvalue weighted by molar-refractivity contribution is 0.102. The first-order valence-electron chi connectivity index (χ1n) is 6.03. The maximum absolute atomic E-state index is 12.1. The zero-order valence-electron chi connectivity index (χ0n) is 10.7. The molecular formula is C12H16N6O. The summed E-state index contributed by atoms with van der Waals surface area (Å²) in [6, 6.07) is 1.69. The molecule has 0 aliphatic heterocycles. The number of anilines is 1. The van der Waals surface area contributed by atoms with Crippen LogP contribution in [0.1, 0.15) is 22.5 Å². The molecular weight excluding hydrogens is 244 g/mol. The van der Waals surface area contributed by atoms with Gasteiger partial charge in [-0.1, -0.05) is 0 Å². The van der Waals surface area contributed by atoms with E-state index in [4.69, 9.17) is 5.73 Å². The molecule has 0 fully saturated rings. The van der Waals surface area contributed by atoms with Gasteiger partial charge < -0.3 is 5.73 Å². The van der Waals surface area contributed by atoms with Crippen molar-refractivity contribution in [3.63, 3.8) is 0 Å². The smallest absolute Gasteiger partial charge is 0.261 e. The summed E-state index contributed by atoms with van der Waals surface area (Å²) in [7, 11) is 0. The lowest BCUT2D eigenvalue weighted by atomic mass is 10.2. The Morgan fingerprint density at radius 3 is 2.84 bits per heavy atom. The molecule has 0 unspecified atom stereocenters. The predicted molar refractivity (Wildman–Crippen MR) is 70.6 cm³/mol. The van der Waals surface area contributed by atoms with Crippen molar-refractivity contribution in [2.24, 2.45) is 5.73 Å². The maximum atomic E-state index is 12.1. The third-order valence-electron chi connectivity index (χ3n) is 2.71. The first kappa shape index (κ1) is 13.2. The highest BCUT2D eigenvalue weighted by Gasteiger charge is 2.14. The fourth-order valence-corrected chi connectivity index (χ4v) is 1.67. The molecule has 0 aliphatic rings. The van der Waals surface area contributed by atoms with Gasteiger partial charge in [0.25, 0.3) is 5.91 Å². The summed E-state index contributed by atoms with van der Waals surface area (Å²) in [5.74, 6) is 0.0179. The zero-order chi connectivity index (χ0) is 13.7. The van der Waals surface area contributed by atoms with Gasteiger partial charge in [-0.2, -0.15) is 5.10 Å². The summed E-state index contributed by atoms with van der Waals surface area (Å²) < 4.78 is 1.77. The Kier molecular flexibility index (Phi) is 4.19. The highest BCUT2D eigenvalue weighted by Crippen LogP contribution is 2.09. The van der Waals surface area contributed by atoms with Crippen LogP contribution < -0.4 is 11.1 Å². The molecule has 0 saturated carbocycles. The SMILES string of the molecule is Cc1c(C(=O)Nc2ncccn2)cnn1CCCN. The van der Waals surface area contributed by atoms with Crippen LogP contribution >= 0.6 is 0 Å². The highest BCUT2D eigenvalue weighted by molar-refractivity contribution is 6.03. The summed E-state index contributed by atoms with van der Waals surface area (Å²) in [4.78, 5) is 19.9. The van der Waals surface area contributed by atoms with E-state index >= 15 is 0 Å². The third-order valence-corrected chi connectivity index (χ3v) is 2.71. The maximum Gasteiger partial charge on any atom is 0.261 e. The van der Waals surface area contributed by atoms with Crippen molar-refractivity contribution >= 4 is 11.9 Å². The number of nitrogens with one attached hydrogen (secondary N) is 1. The fourth-order valence-electron chi connectivity index (χ4n) is 1.67. The Balaban J connectivity index is 2.09. The fraction of sp³-hybridized carbons (Fsp3) is 0.333. The van der Waals surface area contributed by atoms with Gasteiger partial charge in [-0.25, -0.2) is 9.97 Å². The van der Waals surface area contributed by atoms with E-state index < -0.39 is 0 Å². The summed E-state index contributed by atoms with van der Waals surface area (Å²) in [5, 5.41) is 6.80. The molecule has 0 saturated heterocycles. The normalized spacial score (nSPS) is 10.4. The van der Waals surface area contributed by atoms with E-state index in [0.717, 1.165) is 12.1 Å². The van der Waals surface area contributed by atoms with Crippen LogP contribution in [0.15, 0.2) is 24.7 Å². The Hall–Kier alpha value is -2.28. The molecule has 19 heavy (non-hydrogen) atoms. The second-order valence-electron chi connectivity index (χ2n) is 4.04. The molecule has 7 nitrogen and oxygen atoms in total. The lowest BCUT2D eigenvalue weighted by Crippen LogP contribution is -2.15. The molecule has 2 rings (SSSR count). The minimum absolute atomic E-state index is 0.261. The van der Waals surface area contributed by atoms with Crippen molar-refractivity contribution in [3.8, 4) is 0 Å². The summed E-state index contributed by atoms with van der Waals surface area (Å²) in [6.45, 7) is 3.15. The summed E-state index contributed by atoms with van der Waals surface area (Å²) in [6.07, 6.45) is 5.51. The molecule has 0 spiro atoms. The number of hydrogen-bond acceptors (Lipinski definition) is 5. The monoisotopic (exact) mass is 260 g/mol. The van der Waals surface area contributed by atoms with Crippen molar-refractivity contribution in [3.05, 3.63) is 35.9 Å². The van der Waals surface area contributed by atoms with Crippen molar-refractivity contribution in [2.45, 2.75) is 19.9 Å².